The number of aliphatic hydroxyl groups is 1. The van der Waals surface area contributed by atoms with Crippen LogP contribution in [0.4, 0.5) is 0 Å². The summed E-state index contributed by atoms with van der Waals surface area (Å²) in [5, 5.41) is 10.7. The lowest BCUT2D eigenvalue weighted by Gasteiger charge is -2.42. The van der Waals surface area contributed by atoms with Gasteiger partial charge in [0.05, 0.1) is 5.60 Å². The van der Waals surface area contributed by atoms with Gasteiger partial charge in [-0.1, -0.05) is 20.8 Å². The van der Waals surface area contributed by atoms with E-state index in [1.807, 2.05) is 0 Å². The molecule has 1 spiro atoms. The lowest BCUT2D eigenvalue weighted by molar-refractivity contribution is -0.0179. The summed E-state index contributed by atoms with van der Waals surface area (Å²) in [7, 11) is 0. The van der Waals surface area contributed by atoms with E-state index in [4.69, 9.17) is 0 Å². The monoisotopic (exact) mass is 222 g/mol. The maximum absolute atomic E-state index is 10.7. The minimum atomic E-state index is -0.419. The zero-order chi connectivity index (χ0) is 11.8. The predicted molar refractivity (Wildman–Crippen MR) is 66.1 cm³/mol. The van der Waals surface area contributed by atoms with Crippen LogP contribution in [0.2, 0.25) is 0 Å². The molecule has 0 aromatic carbocycles. The summed E-state index contributed by atoms with van der Waals surface area (Å²) in [5.74, 6) is 2.27. The molecule has 92 valence electrons. The van der Waals surface area contributed by atoms with Gasteiger partial charge in [0, 0.05) is 0 Å². The molecule has 1 heteroatoms. The first-order valence-electron chi connectivity index (χ1n) is 7.06. The standard InChI is InChI=1S/C15H26O/c1-10-5-8-15-11(2)14(4,16)9-13(15,3)7-6-12(10)15/h10-12,16H,5-9H2,1-4H3/t10-,11-,12+,13+,14+,15+/m1/s1. The molecule has 3 rings (SSSR count). The van der Waals surface area contributed by atoms with Crippen LogP contribution >= 0.6 is 0 Å². The Kier molecular flexibility index (Phi) is 1.98. The van der Waals surface area contributed by atoms with Crippen LogP contribution in [0.5, 0.6) is 0 Å². The number of hydrogen-bond acceptors (Lipinski definition) is 1. The number of hydrogen-bond donors (Lipinski definition) is 1. The molecule has 0 amide bonds. The molecule has 3 fully saturated rings. The first kappa shape index (κ1) is 11.1. The van der Waals surface area contributed by atoms with Crippen molar-refractivity contribution in [1.82, 2.24) is 0 Å². The molecule has 0 unspecified atom stereocenters. The molecule has 0 radical (unpaired) electrons. The molecule has 0 aliphatic heterocycles. The molecule has 6 atom stereocenters. The van der Waals surface area contributed by atoms with Crippen molar-refractivity contribution in [3.8, 4) is 0 Å². The van der Waals surface area contributed by atoms with Gasteiger partial charge < -0.3 is 5.11 Å². The molecule has 1 N–H and O–H groups in total. The summed E-state index contributed by atoms with van der Waals surface area (Å²) in [5.41, 5.74) is 0.471. The molecule has 3 aliphatic carbocycles. The van der Waals surface area contributed by atoms with Crippen LogP contribution in [-0.2, 0) is 0 Å². The summed E-state index contributed by atoms with van der Waals surface area (Å²) in [6, 6.07) is 0. The van der Waals surface area contributed by atoms with E-state index in [0.29, 0.717) is 16.7 Å². The average molecular weight is 222 g/mol. The van der Waals surface area contributed by atoms with Crippen molar-refractivity contribution < 1.29 is 5.11 Å². The highest BCUT2D eigenvalue weighted by Gasteiger charge is 2.71. The Bertz CT molecular complexity index is 321. The van der Waals surface area contributed by atoms with Gasteiger partial charge in [-0.05, 0) is 67.6 Å². The Hall–Kier alpha value is -0.0400. The largest absolute Gasteiger partial charge is 0.390 e. The van der Waals surface area contributed by atoms with Crippen molar-refractivity contribution in [3.63, 3.8) is 0 Å². The zero-order valence-corrected chi connectivity index (χ0v) is 11.2. The van der Waals surface area contributed by atoms with Crippen molar-refractivity contribution >= 4 is 0 Å². The molecule has 0 saturated heterocycles. The van der Waals surface area contributed by atoms with Gasteiger partial charge in [-0.2, -0.15) is 0 Å². The second kappa shape index (κ2) is 2.85. The molecule has 3 aliphatic rings. The van der Waals surface area contributed by atoms with Crippen LogP contribution in [0.1, 0.15) is 59.8 Å². The fourth-order valence-corrected chi connectivity index (χ4v) is 6.17. The summed E-state index contributed by atoms with van der Waals surface area (Å²) in [6.07, 6.45) is 6.55. The third kappa shape index (κ3) is 0.978. The highest BCUT2D eigenvalue weighted by molar-refractivity contribution is 5.20. The first-order valence-corrected chi connectivity index (χ1v) is 7.06. The third-order valence-electron chi connectivity index (χ3n) is 6.95. The van der Waals surface area contributed by atoms with E-state index < -0.39 is 5.60 Å². The van der Waals surface area contributed by atoms with Crippen molar-refractivity contribution in [2.45, 2.75) is 65.4 Å². The fourth-order valence-electron chi connectivity index (χ4n) is 6.17. The zero-order valence-electron chi connectivity index (χ0n) is 11.2. The smallest absolute Gasteiger partial charge is 0.0656 e. The van der Waals surface area contributed by atoms with Crippen molar-refractivity contribution in [2.24, 2.45) is 28.6 Å². The third-order valence-corrected chi connectivity index (χ3v) is 6.95. The SMILES string of the molecule is C[C@@H]1CC[C@]23[C@H]1CC[C@@]2(C)C[C@](C)(O)[C@H]3C. The first-order chi connectivity index (χ1) is 7.33. The predicted octanol–water partition coefficient (Wildman–Crippen LogP) is 3.61. The maximum atomic E-state index is 10.7. The summed E-state index contributed by atoms with van der Waals surface area (Å²) in [6.45, 7) is 9.30. The average Bonchev–Trinajstić information content (AvgIpc) is 2.68. The summed E-state index contributed by atoms with van der Waals surface area (Å²) < 4.78 is 0. The van der Waals surface area contributed by atoms with E-state index in [0.717, 1.165) is 18.3 Å². The quantitative estimate of drug-likeness (QED) is 0.664. The fraction of sp³-hybridized carbons (Fsp3) is 1.00. The highest BCUT2D eigenvalue weighted by Crippen LogP contribution is 2.76. The lowest BCUT2D eigenvalue weighted by Crippen LogP contribution is -2.40. The Balaban J connectivity index is 2.10. The van der Waals surface area contributed by atoms with Gasteiger partial charge in [0.15, 0.2) is 0 Å². The Morgan fingerprint density at radius 1 is 1.06 bits per heavy atom. The summed E-state index contributed by atoms with van der Waals surface area (Å²) in [4.78, 5) is 0. The van der Waals surface area contributed by atoms with E-state index in [-0.39, 0.29) is 0 Å². The Morgan fingerprint density at radius 3 is 2.44 bits per heavy atom. The molecule has 3 saturated carbocycles. The van der Waals surface area contributed by atoms with Crippen LogP contribution in [0.15, 0.2) is 0 Å². The van der Waals surface area contributed by atoms with Gasteiger partial charge in [-0.3, -0.25) is 0 Å². The van der Waals surface area contributed by atoms with E-state index >= 15 is 0 Å². The second-order valence-corrected chi connectivity index (χ2v) is 7.52. The van der Waals surface area contributed by atoms with Gasteiger partial charge in [-0.15, -0.1) is 0 Å². The van der Waals surface area contributed by atoms with E-state index in [9.17, 15) is 5.11 Å². The van der Waals surface area contributed by atoms with Crippen LogP contribution < -0.4 is 0 Å². The Labute approximate surface area is 99.6 Å². The second-order valence-electron chi connectivity index (χ2n) is 7.52. The summed E-state index contributed by atoms with van der Waals surface area (Å²) >= 11 is 0. The van der Waals surface area contributed by atoms with Gasteiger partial charge in [-0.25, -0.2) is 0 Å². The van der Waals surface area contributed by atoms with E-state index in [1.165, 1.54) is 25.7 Å². The van der Waals surface area contributed by atoms with Gasteiger partial charge in [0.2, 0.25) is 0 Å². The topological polar surface area (TPSA) is 20.2 Å². The molecule has 1 nitrogen and oxygen atoms in total. The minimum absolute atomic E-state index is 0.419. The normalized spacial score (nSPS) is 64.7. The molecule has 0 aromatic heterocycles. The minimum Gasteiger partial charge on any atom is -0.390 e. The molecular formula is C15H26O. The van der Waals surface area contributed by atoms with Gasteiger partial charge in [0.1, 0.15) is 0 Å². The Morgan fingerprint density at radius 2 is 1.75 bits per heavy atom. The molecule has 0 aromatic rings. The van der Waals surface area contributed by atoms with Crippen molar-refractivity contribution in [2.75, 3.05) is 0 Å². The number of rotatable bonds is 0. The molecule has 16 heavy (non-hydrogen) atoms. The van der Waals surface area contributed by atoms with Crippen molar-refractivity contribution in [1.29, 1.82) is 0 Å². The lowest BCUT2D eigenvalue weighted by atomic mass is 9.62. The van der Waals surface area contributed by atoms with Crippen LogP contribution in [0.3, 0.4) is 0 Å². The highest BCUT2D eigenvalue weighted by atomic mass is 16.3. The van der Waals surface area contributed by atoms with Crippen molar-refractivity contribution in [3.05, 3.63) is 0 Å². The molecular weight excluding hydrogens is 196 g/mol. The molecule has 0 heterocycles. The van der Waals surface area contributed by atoms with Crippen LogP contribution in [0, 0.1) is 28.6 Å². The van der Waals surface area contributed by atoms with Crippen LogP contribution in [-0.4, -0.2) is 10.7 Å². The van der Waals surface area contributed by atoms with Gasteiger partial charge in [0.25, 0.3) is 0 Å². The van der Waals surface area contributed by atoms with E-state index in [1.54, 1.807) is 0 Å². The van der Waals surface area contributed by atoms with Gasteiger partial charge >= 0.3 is 0 Å². The van der Waals surface area contributed by atoms with E-state index in [2.05, 4.69) is 27.7 Å². The molecule has 0 bridgehead atoms. The maximum Gasteiger partial charge on any atom is 0.0656 e. The van der Waals surface area contributed by atoms with Crippen LogP contribution in [0.25, 0.3) is 0 Å².